The zero-order chi connectivity index (χ0) is 13.8. The van der Waals surface area contributed by atoms with Crippen molar-refractivity contribution >= 4 is 10.0 Å². The molecular formula is C14H23NO2S. The molecule has 0 amide bonds. The zero-order valence-electron chi connectivity index (χ0n) is 11.7. The first-order chi connectivity index (χ1) is 8.39. The van der Waals surface area contributed by atoms with Crippen LogP contribution in [0.1, 0.15) is 42.6 Å². The van der Waals surface area contributed by atoms with Crippen LogP contribution in [0.2, 0.25) is 0 Å². The molecule has 0 unspecified atom stereocenters. The zero-order valence-corrected chi connectivity index (χ0v) is 12.5. The Morgan fingerprint density at radius 3 is 2.17 bits per heavy atom. The molecule has 1 aromatic carbocycles. The second kappa shape index (κ2) is 6.34. The Hall–Kier alpha value is -0.870. The van der Waals surface area contributed by atoms with Gasteiger partial charge in [-0.1, -0.05) is 49.6 Å². The highest BCUT2D eigenvalue weighted by atomic mass is 32.2. The van der Waals surface area contributed by atoms with Crippen LogP contribution in [0, 0.1) is 6.92 Å². The lowest BCUT2D eigenvalue weighted by molar-refractivity contribution is 0.498. The first-order valence-electron chi connectivity index (χ1n) is 6.37. The molecule has 0 saturated heterocycles. The Bertz CT molecular complexity index is 463. The lowest BCUT2D eigenvalue weighted by Crippen LogP contribution is -2.28. The number of sulfonamides is 1. The molecule has 0 saturated carbocycles. The van der Waals surface area contributed by atoms with Crippen LogP contribution in [0.4, 0.5) is 0 Å². The van der Waals surface area contributed by atoms with Gasteiger partial charge in [0, 0.05) is 14.1 Å². The first kappa shape index (κ1) is 15.2. The van der Waals surface area contributed by atoms with Crippen LogP contribution < -0.4 is 0 Å². The number of benzene rings is 1. The Morgan fingerprint density at radius 1 is 1.17 bits per heavy atom. The monoisotopic (exact) mass is 269 g/mol. The van der Waals surface area contributed by atoms with Gasteiger partial charge in [0.2, 0.25) is 10.0 Å². The van der Waals surface area contributed by atoms with Gasteiger partial charge in [-0.15, -0.1) is 0 Å². The van der Waals surface area contributed by atoms with E-state index in [1.165, 1.54) is 4.31 Å². The Balaban J connectivity index is 3.09. The smallest absolute Gasteiger partial charge is 0.212 e. The molecule has 3 nitrogen and oxygen atoms in total. The maximum absolute atomic E-state index is 12.3. The second-order valence-electron chi connectivity index (χ2n) is 4.87. The number of hydrogen-bond acceptors (Lipinski definition) is 2. The summed E-state index contributed by atoms with van der Waals surface area (Å²) in [5.41, 5.74) is 2.04. The van der Waals surface area contributed by atoms with Gasteiger partial charge in [0.05, 0.1) is 0 Å². The van der Waals surface area contributed by atoms with Crippen molar-refractivity contribution < 1.29 is 8.42 Å². The minimum Gasteiger partial charge on any atom is -0.212 e. The third-order valence-corrected chi connectivity index (χ3v) is 5.38. The van der Waals surface area contributed by atoms with Crippen molar-refractivity contribution in [3.05, 3.63) is 35.4 Å². The van der Waals surface area contributed by atoms with E-state index in [1.807, 2.05) is 31.2 Å². The van der Waals surface area contributed by atoms with Crippen LogP contribution in [-0.4, -0.2) is 26.8 Å². The molecule has 0 fully saturated rings. The quantitative estimate of drug-likeness (QED) is 0.795. The summed E-state index contributed by atoms with van der Waals surface area (Å²) in [6, 6.07) is 7.80. The van der Waals surface area contributed by atoms with Gasteiger partial charge in [-0.3, -0.25) is 0 Å². The molecule has 0 aliphatic carbocycles. The van der Waals surface area contributed by atoms with Crippen molar-refractivity contribution in [1.29, 1.82) is 0 Å². The molecule has 1 aromatic rings. The van der Waals surface area contributed by atoms with Crippen molar-refractivity contribution in [2.45, 2.75) is 38.4 Å². The summed E-state index contributed by atoms with van der Waals surface area (Å²) in [6.45, 7) is 4.08. The van der Waals surface area contributed by atoms with Crippen molar-refractivity contribution in [2.75, 3.05) is 14.1 Å². The standard InChI is InChI=1S/C14H23NO2S/c1-5-6-7-14(18(16,17)15(3)4)13-10-8-12(2)9-11-13/h8-11,14H,5-7H2,1-4H3/t14-/m0/s1. The van der Waals surface area contributed by atoms with Crippen LogP contribution in [0.25, 0.3) is 0 Å². The van der Waals surface area contributed by atoms with Crippen LogP contribution in [0.5, 0.6) is 0 Å². The summed E-state index contributed by atoms with van der Waals surface area (Å²) in [5.74, 6) is 0. The third kappa shape index (κ3) is 3.56. The molecule has 0 bridgehead atoms. The molecule has 1 atom stereocenters. The summed E-state index contributed by atoms with van der Waals surface area (Å²) in [5, 5.41) is -0.423. The van der Waals surface area contributed by atoms with Gasteiger partial charge in [-0.2, -0.15) is 0 Å². The lowest BCUT2D eigenvalue weighted by atomic mass is 10.1. The molecular weight excluding hydrogens is 246 g/mol. The molecule has 0 heterocycles. The largest absolute Gasteiger partial charge is 0.220 e. The summed E-state index contributed by atoms with van der Waals surface area (Å²) < 4.78 is 26.0. The number of hydrogen-bond donors (Lipinski definition) is 0. The SMILES string of the molecule is CCCC[C@@H](c1ccc(C)cc1)S(=O)(=O)N(C)C. The maximum Gasteiger partial charge on any atom is 0.220 e. The van der Waals surface area contributed by atoms with E-state index < -0.39 is 15.3 Å². The average Bonchev–Trinajstić information content (AvgIpc) is 2.31. The molecule has 0 radical (unpaired) electrons. The summed E-state index contributed by atoms with van der Waals surface area (Å²) >= 11 is 0. The topological polar surface area (TPSA) is 37.4 Å². The van der Waals surface area contributed by atoms with Crippen molar-refractivity contribution in [3.8, 4) is 0 Å². The van der Waals surface area contributed by atoms with E-state index in [1.54, 1.807) is 14.1 Å². The van der Waals surface area contributed by atoms with E-state index in [0.717, 1.165) is 24.0 Å². The van der Waals surface area contributed by atoms with E-state index in [0.29, 0.717) is 6.42 Å². The number of nitrogens with zero attached hydrogens (tertiary/aromatic N) is 1. The highest BCUT2D eigenvalue weighted by molar-refractivity contribution is 7.89. The van der Waals surface area contributed by atoms with E-state index >= 15 is 0 Å². The highest BCUT2D eigenvalue weighted by Crippen LogP contribution is 2.29. The molecule has 0 N–H and O–H groups in total. The van der Waals surface area contributed by atoms with Gasteiger partial charge >= 0.3 is 0 Å². The first-order valence-corrected chi connectivity index (χ1v) is 7.87. The molecule has 1 rings (SSSR count). The summed E-state index contributed by atoms with van der Waals surface area (Å²) in [7, 11) is -0.0445. The Labute approximate surface area is 111 Å². The van der Waals surface area contributed by atoms with Gasteiger partial charge in [-0.25, -0.2) is 12.7 Å². The fraction of sp³-hybridized carbons (Fsp3) is 0.571. The normalized spacial score (nSPS) is 13.8. The molecule has 0 aliphatic heterocycles. The minimum absolute atomic E-state index is 0.423. The summed E-state index contributed by atoms with van der Waals surface area (Å²) in [6.07, 6.45) is 2.61. The third-order valence-electron chi connectivity index (χ3n) is 3.14. The van der Waals surface area contributed by atoms with Gasteiger partial charge in [0.15, 0.2) is 0 Å². The van der Waals surface area contributed by atoms with Gasteiger partial charge in [-0.05, 0) is 18.9 Å². The Kier molecular flexibility index (Phi) is 5.35. The predicted molar refractivity (Wildman–Crippen MR) is 76.1 cm³/mol. The maximum atomic E-state index is 12.3. The van der Waals surface area contributed by atoms with E-state index in [-0.39, 0.29) is 0 Å². The van der Waals surface area contributed by atoms with E-state index in [4.69, 9.17) is 0 Å². The minimum atomic E-state index is -3.24. The number of unbranched alkanes of at least 4 members (excludes halogenated alkanes) is 1. The Morgan fingerprint density at radius 2 is 1.72 bits per heavy atom. The predicted octanol–water partition coefficient (Wildman–Crippen LogP) is 3.12. The van der Waals surface area contributed by atoms with E-state index in [9.17, 15) is 8.42 Å². The molecule has 0 aliphatic rings. The fourth-order valence-electron chi connectivity index (χ4n) is 1.91. The molecule has 18 heavy (non-hydrogen) atoms. The van der Waals surface area contributed by atoms with Crippen molar-refractivity contribution in [3.63, 3.8) is 0 Å². The van der Waals surface area contributed by atoms with E-state index in [2.05, 4.69) is 6.92 Å². The lowest BCUT2D eigenvalue weighted by Gasteiger charge is -2.22. The van der Waals surface area contributed by atoms with Crippen LogP contribution in [0.15, 0.2) is 24.3 Å². The van der Waals surface area contributed by atoms with Gasteiger partial charge in [0.25, 0.3) is 0 Å². The van der Waals surface area contributed by atoms with Crippen molar-refractivity contribution in [2.24, 2.45) is 0 Å². The van der Waals surface area contributed by atoms with Crippen molar-refractivity contribution in [1.82, 2.24) is 4.31 Å². The molecule has 102 valence electrons. The second-order valence-corrected chi connectivity index (χ2v) is 7.20. The van der Waals surface area contributed by atoms with Crippen LogP contribution >= 0.6 is 0 Å². The van der Waals surface area contributed by atoms with Gasteiger partial charge in [0.1, 0.15) is 5.25 Å². The van der Waals surface area contributed by atoms with Crippen LogP contribution in [-0.2, 0) is 10.0 Å². The highest BCUT2D eigenvalue weighted by Gasteiger charge is 2.28. The molecule has 0 aromatic heterocycles. The van der Waals surface area contributed by atoms with Gasteiger partial charge < -0.3 is 0 Å². The fourth-order valence-corrected chi connectivity index (χ4v) is 3.39. The molecule has 4 heteroatoms. The number of aryl methyl sites for hydroxylation is 1. The molecule has 0 spiro atoms. The summed E-state index contributed by atoms with van der Waals surface area (Å²) in [4.78, 5) is 0. The number of rotatable bonds is 6. The van der Waals surface area contributed by atoms with Crippen LogP contribution in [0.3, 0.4) is 0 Å². The average molecular weight is 269 g/mol.